The van der Waals surface area contributed by atoms with Gasteiger partial charge in [-0.1, -0.05) is 13.8 Å². The van der Waals surface area contributed by atoms with E-state index in [0.29, 0.717) is 18.2 Å². The molecule has 0 aliphatic heterocycles. The molecule has 1 aromatic carbocycles. The van der Waals surface area contributed by atoms with Gasteiger partial charge in [0.2, 0.25) is 0 Å². The van der Waals surface area contributed by atoms with Crippen molar-refractivity contribution in [1.29, 1.82) is 0 Å². The number of rotatable bonds is 8. The summed E-state index contributed by atoms with van der Waals surface area (Å²) >= 11 is 0. The van der Waals surface area contributed by atoms with Crippen molar-refractivity contribution in [1.82, 2.24) is 20.2 Å². The second-order valence-corrected chi connectivity index (χ2v) is 6.35. The Morgan fingerprint density at radius 3 is 2.44 bits per heavy atom. The lowest BCUT2D eigenvalue weighted by Gasteiger charge is -2.13. The monoisotopic (exact) mass is 386 g/mol. The SMILES string of the molecule is CC(C)CCOC(C)C(=O)OCc1nnnn1-c1ccc(C(F)(F)F)cc1. The zero-order valence-corrected chi connectivity index (χ0v) is 15.2. The third kappa shape index (κ3) is 6.02. The zero-order valence-electron chi connectivity index (χ0n) is 15.2. The third-order valence-corrected chi connectivity index (χ3v) is 3.71. The predicted molar refractivity (Wildman–Crippen MR) is 88.8 cm³/mol. The van der Waals surface area contributed by atoms with Gasteiger partial charge in [0.1, 0.15) is 0 Å². The first-order valence-electron chi connectivity index (χ1n) is 8.41. The summed E-state index contributed by atoms with van der Waals surface area (Å²) in [7, 11) is 0. The molecule has 27 heavy (non-hydrogen) atoms. The first-order chi connectivity index (χ1) is 12.7. The Morgan fingerprint density at radius 2 is 1.85 bits per heavy atom. The second kappa shape index (κ2) is 8.94. The van der Waals surface area contributed by atoms with Crippen LogP contribution in [0.2, 0.25) is 0 Å². The van der Waals surface area contributed by atoms with Crippen LogP contribution in [0, 0.1) is 5.92 Å². The predicted octanol–water partition coefficient (Wildman–Crippen LogP) is 3.18. The summed E-state index contributed by atoms with van der Waals surface area (Å²) in [4.78, 5) is 12.0. The van der Waals surface area contributed by atoms with Crippen LogP contribution in [0.5, 0.6) is 0 Å². The fourth-order valence-electron chi connectivity index (χ4n) is 2.09. The fraction of sp³-hybridized carbons (Fsp3) is 0.529. The molecule has 1 atom stereocenters. The summed E-state index contributed by atoms with van der Waals surface area (Å²) in [5.41, 5.74) is -0.458. The van der Waals surface area contributed by atoms with E-state index in [-0.39, 0.29) is 12.4 Å². The molecule has 1 heterocycles. The minimum atomic E-state index is -4.43. The van der Waals surface area contributed by atoms with Crippen molar-refractivity contribution in [2.75, 3.05) is 6.61 Å². The maximum Gasteiger partial charge on any atom is 0.416 e. The summed E-state index contributed by atoms with van der Waals surface area (Å²) in [6.45, 7) is 5.89. The first-order valence-corrected chi connectivity index (χ1v) is 8.41. The fourth-order valence-corrected chi connectivity index (χ4v) is 2.09. The average Bonchev–Trinajstić information content (AvgIpc) is 3.07. The van der Waals surface area contributed by atoms with E-state index in [1.54, 1.807) is 6.92 Å². The maximum atomic E-state index is 12.6. The standard InChI is InChI=1S/C17H21F3N4O3/c1-11(2)8-9-26-12(3)16(25)27-10-15-21-22-23-24(15)14-6-4-13(5-7-14)17(18,19)20/h4-7,11-12H,8-10H2,1-3H3. The van der Waals surface area contributed by atoms with Crippen molar-refractivity contribution in [2.24, 2.45) is 5.92 Å². The molecule has 2 aromatic rings. The van der Waals surface area contributed by atoms with Gasteiger partial charge in [-0.05, 0) is 54.0 Å². The molecule has 0 aliphatic rings. The maximum absolute atomic E-state index is 12.6. The quantitative estimate of drug-likeness (QED) is 0.649. The molecule has 1 unspecified atom stereocenters. The largest absolute Gasteiger partial charge is 0.455 e. The molecule has 0 spiro atoms. The number of carbonyl (C=O) groups excluding carboxylic acids is 1. The molecule has 0 fully saturated rings. The van der Waals surface area contributed by atoms with E-state index in [0.717, 1.165) is 18.6 Å². The zero-order chi connectivity index (χ0) is 20.0. The lowest BCUT2D eigenvalue weighted by Crippen LogP contribution is -2.24. The number of ether oxygens (including phenoxy) is 2. The van der Waals surface area contributed by atoms with Crippen LogP contribution in [0.25, 0.3) is 5.69 Å². The van der Waals surface area contributed by atoms with E-state index in [1.807, 2.05) is 13.8 Å². The number of hydrogen-bond donors (Lipinski definition) is 0. The van der Waals surface area contributed by atoms with E-state index in [1.165, 1.54) is 16.8 Å². The highest BCUT2D eigenvalue weighted by Crippen LogP contribution is 2.29. The van der Waals surface area contributed by atoms with Crippen LogP contribution in [0.15, 0.2) is 24.3 Å². The van der Waals surface area contributed by atoms with Gasteiger partial charge in [0, 0.05) is 6.61 Å². The van der Waals surface area contributed by atoms with Crippen molar-refractivity contribution in [3.8, 4) is 5.69 Å². The Kier molecular flexibility index (Phi) is 6.89. The normalized spacial score (nSPS) is 13.0. The molecule has 148 valence electrons. The number of alkyl halides is 3. The van der Waals surface area contributed by atoms with Crippen LogP contribution < -0.4 is 0 Å². The van der Waals surface area contributed by atoms with Gasteiger partial charge in [0.25, 0.3) is 0 Å². The molecule has 2 rings (SSSR count). The van der Waals surface area contributed by atoms with Gasteiger partial charge < -0.3 is 9.47 Å². The summed E-state index contributed by atoms with van der Waals surface area (Å²) in [6.07, 6.45) is -4.34. The number of esters is 1. The van der Waals surface area contributed by atoms with Crippen molar-refractivity contribution in [3.63, 3.8) is 0 Å². The summed E-state index contributed by atoms with van der Waals surface area (Å²) in [6, 6.07) is 4.33. The first kappa shape index (κ1) is 20.8. The van der Waals surface area contributed by atoms with Gasteiger partial charge in [0.05, 0.1) is 11.3 Å². The van der Waals surface area contributed by atoms with Gasteiger partial charge in [-0.15, -0.1) is 5.10 Å². The lowest BCUT2D eigenvalue weighted by atomic mass is 10.1. The summed E-state index contributed by atoms with van der Waals surface area (Å²) in [5, 5.41) is 10.9. The molecule has 0 saturated carbocycles. The minimum absolute atomic E-state index is 0.178. The van der Waals surface area contributed by atoms with E-state index in [4.69, 9.17) is 9.47 Å². The Morgan fingerprint density at radius 1 is 1.19 bits per heavy atom. The molecule has 0 saturated heterocycles. The van der Waals surface area contributed by atoms with Crippen molar-refractivity contribution in [3.05, 3.63) is 35.7 Å². The van der Waals surface area contributed by atoms with Crippen LogP contribution in [0.4, 0.5) is 13.2 Å². The molecule has 0 radical (unpaired) electrons. The van der Waals surface area contributed by atoms with Gasteiger partial charge in [-0.3, -0.25) is 0 Å². The van der Waals surface area contributed by atoms with Gasteiger partial charge in [-0.25, -0.2) is 4.79 Å². The van der Waals surface area contributed by atoms with Gasteiger partial charge in [0.15, 0.2) is 18.5 Å². The second-order valence-electron chi connectivity index (χ2n) is 6.35. The van der Waals surface area contributed by atoms with Crippen LogP contribution in [0.3, 0.4) is 0 Å². The number of benzene rings is 1. The van der Waals surface area contributed by atoms with Crippen molar-refractivity contribution < 1.29 is 27.4 Å². The molecule has 0 amide bonds. The Hall–Kier alpha value is -2.49. The molecule has 0 bridgehead atoms. The van der Waals surface area contributed by atoms with Crippen LogP contribution in [-0.4, -0.2) is 38.9 Å². The molecule has 7 nitrogen and oxygen atoms in total. The highest BCUT2D eigenvalue weighted by Gasteiger charge is 2.30. The molecular weight excluding hydrogens is 365 g/mol. The Balaban J connectivity index is 1.96. The number of tetrazole rings is 1. The topological polar surface area (TPSA) is 79.1 Å². The average molecular weight is 386 g/mol. The molecular formula is C17H21F3N4O3. The van der Waals surface area contributed by atoms with Gasteiger partial charge in [-0.2, -0.15) is 17.9 Å². The number of halogens is 3. The highest BCUT2D eigenvalue weighted by atomic mass is 19.4. The van der Waals surface area contributed by atoms with Crippen LogP contribution in [-0.2, 0) is 27.1 Å². The van der Waals surface area contributed by atoms with Gasteiger partial charge >= 0.3 is 12.1 Å². The van der Waals surface area contributed by atoms with Crippen LogP contribution >= 0.6 is 0 Å². The molecule has 10 heteroatoms. The Bertz CT molecular complexity index is 745. The third-order valence-electron chi connectivity index (χ3n) is 3.71. The van der Waals surface area contributed by atoms with Crippen LogP contribution in [0.1, 0.15) is 38.6 Å². The van der Waals surface area contributed by atoms with Crippen molar-refractivity contribution in [2.45, 2.75) is 46.1 Å². The van der Waals surface area contributed by atoms with E-state index in [2.05, 4.69) is 15.5 Å². The Labute approximate surface area is 154 Å². The number of nitrogens with zero attached hydrogens (tertiary/aromatic N) is 4. The number of hydrogen-bond acceptors (Lipinski definition) is 6. The molecule has 0 aliphatic carbocycles. The molecule has 0 N–H and O–H groups in total. The van der Waals surface area contributed by atoms with E-state index in [9.17, 15) is 18.0 Å². The lowest BCUT2D eigenvalue weighted by molar-refractivity contribution is -0.157. The minimum Gasteiger partial charge on any atom is -0.455 e. The van der Waals surface area contributed by atoms with E-state index >= 15 is 0 Å². The number of aromatic nitrogens is 4. The number of carbonyl (C=O) groups is 1. The van der Waals surface area contributed by atoms with Crippen molar-refractivity contribution >= 4 is 5.97 Å². The smallest absolute Gasteiger partial charge is 0.416 e. The molecule has 1 aromatic heterocycles. The highest BCUT2D eigenvalue weighted by molar-refractivity contribution is 5.74. The summed E-state index contributed by atoms with van der Waals surface area (Å²) in [5.74, 6) is 0.0693. The summed E-state index contributed by atoms with van der Waals surface area (Å²) < 4.78 is 49.7. The van der Waals surface area contributed by atoms with E-state index < -0.39 is 23.8 Å².